The quantitative estimate of drug-likeness (QED) is 0.550. The molecule has 0 saturated heterocycles. The minimum absolute atomic E-state index is 0.113. The van der Waals surface area contributed by atoms with Crippen molar-refractivity contribution in [2.24, 2.45) is 0 Å². The molecule has 1 aromatic heterocycles. The van der Waals surface area contributed by atoms with Crippen LogP contribution in [0.25, 0.3) is 0 Å². The number of aryl methyl sites for hydroxylation is 1. The lowest BCUT2D eigenvalue weighted by Crippen LogP contribution is -2.13. The van der Waals surface area contributed by atoms with E-state index in [1.165, 1.54) is 6.92 Å². The Morgan fingerprint density at radius 3 is 2.30 bits per heavy atom. The van der Waals surface area contributed by atoms with Gasteiger partial charge in [-0.3, -0.25) is 0 Å². The minimum Gasteiger partial charge on any atom is -0.248 e. The van der Waals surface area contributed by atoms with Crippen LogP contribution in [0.5, 0.6) is 0 Å². The molecular formula is C5H5F3N2. The summed E-state index contributed by atoms with van der Waals surface area (Å²) in [7, 11) is 0. The second kappa shape index (κ2) is 2.00. The summed E-state index contributed by atoms with van der Waals surface area (Å²) in [6, 6.07) is 0. The summed E-state index contributed by atoms with van der Waals surface area (Å²) in [4.78, 5) is 3.43. The lowest BCUT2D eigenvalue weighted by atomic mass is 10.6. The van der Waals surface area contributed by atoms with Crippen LogP contribution in [-0.4, -0.2) is 9.55 Å². The van der Waals surface area contributed by atoms with Crippen molar-refractivity contribution < 1.29 is 13.2 Å². The van der Waals surface area contributed by atoms with Crippen molar-refractivity contribution in [1.29, 1.82) is 0 Å². The molecule has 2 nitrogen and oxygen atoms in total. The van der Waals surface area contributed by atoms with Gasteiger partial charge in [-0.25, -0.2) is 9.55 Å². The number of alkyl halides is 3. The van der Waals surface area contributed by atoms with Gasteiger partial charge in [-0.15, -0.1) is 13.2 Å². The highest BCUT2D eigenvalue weighted by atomic mass is 19.4. The molecular weight excluding hydrogens is 145 g/mol. The van der Waals surface area contributed by atoms with E-state index in [9.17, 15) is 13.2 Å². The van der Waals surface area contributed by atoms with Gasteiger partial charge in [-0.1, -0.05) is 0 Å². The monoisotopic (exact) mass is 150 g/mol. The molecule has 0 amide bonds. The number of imidazole rings is 1. The number of halogens is 3. The van der Waals surface area contributed by atoms with Crippen LogP contribution in [0, 0.1) is 6.92 Å². The molecule has 0 unspecified atom stereocenters. The number of aromatic nitrogens is 2. The van der Waals surface area contributed by atoms with Gasteiger partial charge >= 0.3 is 6.30 Å². The second-order valence-electron chi connectivity index (χ2n) is 1.89. The van der Waals surface area contributed by atoms with Gasteiger partial charge < -0.3 is 0 Å². The first-order valence-corrected chi connectivity index (χ1v) is 2.58. The Balaban J connectivity index is 2.96. The molecule has 1 heterocycles. The third kappa shape index (κ3) is 1.29. The van der Waals surface area contributed by atoms with E-state index in [-0.39, 0.29) is 4.57 Å². The molecule has 0 saturated carbocycles. The summed E-state index contributed by atoms with van der Waals surface area (Å²) < 4.78 is 35.3. The van der Waals surface area contributed by atoms with Crippen LogP contribution in [0.1, 0.15) is 5.69 Å². The first kappa shape index (κ1) is 7.11. The highest BCUT2D eigenvalue weighted by molar-refractivity contribution is 4.92. The molecule has 0 bridgehead atoms. The molecule has 1 rings (SSSR count). The topological polar surface area (TPSA) is 17.8 Å². The maximum Gasteiger partial charge on any atom is 0.489 e. The van der Waals surface area contributed by atoms with Crippen molar-refractivity contribution in [3.63, 3.8) is 0 Å². The van der Waals surface area contributed by atoms with Crippen LogP contribution in [0.3, 0.4) is 0 Å². The van der Waals surface area contributed by atoms with Crippen molar-refractivity contribution in [3.05, 3.63) is 18.2 Å². The maximum absolute atomic E-state index is 11.7. The zero-order chi connectivity index (χ0) is 7.78. The van der Waals surface area contributed by atoms with Crippen molar-refractivity contribution in [2.75, 3.05) is 0 Å². The Hall–Kier alpha value is -1.00. The molecule has 10 heavy (non-hydrogen) atoms. The van der Waals surface area contributed by atoms with Crippen LogP contribution >= 0.6 is 0 Å². The van der Waals surface area contributed by atoms with E-state index in [2.05, 4.69) is 4.98 Å². The van der Waals surface area contributed by atoms with Gasteiger partial charge in [-0.2, -0.15) is 0 Å². The number of nitrogens with zero attached hydrogens (tertiary/aromatic N) is 2. The molecule has 56 valence electrons. The maximum atomic E-state index is 11.7. The molecule has 0 aliphatic heterocycles. The van der Waals surface area contributed by atoms with E-state index in [1.807, 2.05) is 0 Å². The van der Waals surface area contributed by atoms with Gasteiger partial charge in [0.2, 0.25) is 0 Å². The summed E-state index contributed by atoms with van der Waals surface area (Å²) >= 11 is 0. The molecule has 0 atom stereocenters. The second-order valence-corrected chi connectivity index (χ2v) is 1.89. The lowest BCUT2D eigenvalue weighted by molar-refractivity contribution is -0.204. The van der Waals surface area contributed by atoms with Gasteiger partial charge in [0.15, 0.2) is 0 Å². The van der Waals surface area contributed by atoms with E-state index >= 15 is 0 Å². The molecule has 1 aromatic rings. The highest BCUT2D eigenvalue weighted by Crippen LogP contribution is 2.21. The SMILES string of the molecule is Cc1cn(C(F)(F)F)cn1. The largest absolute Gasteiger partial charge is 0.489 e. The molecule has 0 spiro atoms. The summed E-state index contributed by atoms with van der Waals surface area (Å²) in [5.41, 5.74) is 0.359. The average Bonchev–Trinajstić information content (AvgIpc) is 2.11. The molecule has 0 aliphatic rings. The molecule has 0 radical (unpaired) electrons. The lowest BCUT2D eigenvalue weighted by Gasteiger charge is -2.04. The van der Waals surface area contributed by atoms with Gasteiger partial charge in [-0.05, 0) is 6.92 Å². The van der Waals surface area contributed by atoms with Crippen LogP contribution in [-0.2, 0) is 6.30 Å². The fourth-order valence-corrected chi connectivity index (χ4v) is 0.560. The average molecular weight is 150 g/mol. The van der Waals surface area contributed by atoms with Gasteiger partial charge in [0.1, 0.15) is 6.33 Å². The highest BCUT2D eigenvalue weighted by Gasteiger charge is 2.29. The smallest absolute Gasteiger partial charge is 0.248 e. The molecule has 0 fully saturated rings. The van der Waals surface area contributed by atoms with E-state index in [4.69, 9.17) is 0 Å². The molecule has 0 N–H and O–H groups in total. The first-order chi connectivity index (χ1) is 4.50. The van der Waals surface area contributed by atoms with Gasteiger partial charge in [0, 0.05) is 6.20 Å². The van der Waals surface area contributed by atoms with Gasteiger partial charge in [0.05, 0.1) is 5.69 Å². The van der Waals surface area contributed by atoms with Crippen LogP contribution in [0.4, 0.5) is 13.2 Å². The normalized spacial score (nSPS) is 12.0. The summed E-state index contributed by atoms with van der Waals surface area (Å²) in [5, 5.41) is 0. The van der Waals surface area contributed by atoms with Crippen molar-refractivity contribution in [3.8, 4) is 0 Å². The Morgan fingerprint density at radius 2 is 2.10 bits per heavy atom. The van der Waals surface area contributed by atoms with Crippen molar-refractivity contribution in [2.45, 2.75) is 13.2 Å². The summed E-state index contributed by atoms with van der Waals surface area (Å²) in [6.07, 6.45) is -2.66. The van der Waals surface area contributed by atoms with Gasteiger partial charge in [0.25, 0.3) is 0 Å². The molecule has 0 aliphatic carbocycles. The van der Waals surface area contributed by atoms with Crippen LogP contribution in [0.2, 0.25) is 0 Å². The standard InChI is InChI=1S/C5H5F3N2/c1-4-2-10(3-9-4)5(6,7)8/h2-3H,1H3. The summed E-state index contributed by atoms with van der Waals surface area (Å²) in [6.45, 7) is 1.50. The van der Waals surface area contributed by atoms with E-state index in [1.54, 1.807) is 0 Å². The fourth-order valence-electron chi connectivity index (χ4n) is 0.560. The first-order valence-electron chi connectivity index (χ1n) is 2.58. The van der Waals surface area contributed by atoms with Crippen molar-refractivity contribution in [1.82, 2.24) is 9.55 Å². The minimum atomic E-state index is -4.33. The van der Waals surface area contributed by atoms with Crippen LogP contribution in [0.15, 0.2) is 12.5 Å². The third-order valence-corrected chi connectivity index (χ3v) is 1.00. The van der Waals surface area contributed by atoms with E-state index in [0.717, 1.165) is 12.5 Å². The Kier molecular flexibility index (Phi) is 1.42. The molecule has 5 heteroatoms. The number of hydrogen-bond donors (Lipinski definition) is 0. The zero-order valence-electron chi connectivity index (χ0n) is 5.18. The third-order valence-electron chi connectivity index (χ3n) is 1.00. The Labute approximate surface area is 55.3 Å². The predicted octanol–water partition coefficient (Wildman–Crippen LogP) is 1.67. The zero-order valence-corrected chi connectivity index (χ0v) is 5.18. The Bertz CT molecular complexity index is 225. The fraction of sp³-hybridized carbons (Fsp3) is 0.400. The van der Waals surface area contributed by atoms with Crippen LogP contribution < -0.4 is 0 Å². The predicted molar refractivity (Wildman–Crippen MR) is 28.3 cm³/mol. The van der Waals surface area contributed by atoms with E-state index < -0.39 is 6.30 Å². The number of rotatable bonds is 0. The van der Waals surface area contributed by atoms with E-state index in [0.29, 0.717) is 5.69 Å². The summed E-state index contributed by atoms with van der Waals surface area (Å²) in [5.74, 6) is 0. The Morgan fingerprint density at radius 1 is 1.50 bits per heavy atom. The van der Waals surface area contributed by atoms with Crippen molar-refractivity contribution >= 4 is 0 Å². The molecule has 0 aromatic carbocycles. The number of hydrogen-bond acceptors (Lipinski definition) is 1.